The number of hydrogen-bond acceptors (Lipinski definition) is 1. The van der Waals surface area contributed by atoms with Crippen LogP contribution in [0.5, 0.6) is 0 Å². The Kier molecular flexibility index (Phi) is 3.70. The summed E-state index contributed by atoms with van der Waals surface area (Å²) in [5.74, 6) is 0. The fourth-order valence-electron chi connectivity index (χ4n) is 1.09. The van der Waals surface area contributed by atoms with Crippen LogP contribution >= 0.6 is 7.60 Å². The highest BCUT2D eigenvalue weighted by Gasteiger charge is 2.36. The molecule has 0 aliphatic rings. The van der Waals surface area contributed by atoms with E-state index in [1.165, 1.54) is 0 Å². The maximum Gasteiger partial charge on any atom is 0.332 e. The van der Waals surface area contributed by atoms with E-state index in [-0.39, 0.29) is 0 Å². The van der Waals surface area contributed by atoms with Crippen LogP contribution in [-0.2, 0) is 4.57 Å². The van der Waals surface area contributed by atoms with E-state index < -0.39 is 18.7 Å². The fraction of sp³-hybridized carbons (Fsp3) is 0.750. The SMILES string of the molecule is CC=CC(C(C)(C)C)P(=O)(O)O. The average molecular weight is 192 g/mol. The molecule has 3 nitrogen and oxygen atoms in total. The molecule has 0 rings (SSSR count). The molecule has 1 unspecified atom stereocenters. The summed E-state index contributed by atoms with van der Waals surface area (Å²) in [4.78, 5) is 18.0. The Balaban J connectivity index is 4.82. The highest BCUT2D eigenvalue weighted by Crippen LogP contribution is 2.50. The first-order valence-electron chi connectivity index (χ1n) is 3.87. The van der Waals surface area contributed by atoms with E-state index in [1.807, 2.05) is 20.8 Å². The summed E-state index contributed by atoms with van der Waals surface area (Å²) in [5, 5.41) is 0. The Labute approximate surface area is 73.7 Å². The third kappa shape index (κ3) is 3.53. The van der Waals surface area contributed by atoms with Gasteiger partial charge in [0.15, 0.2) is 0 Å². The maximum absolute atomic E-state index is 11.0. The Morgan fingerprint density at radius 3 is 1.83 bits per heavy atom. The quantitative estimate of drug-likeness (QED) is 0.520. The molecule has 0 fully saturated rings. The Bertz CT molecular complexity index is 209. The first-order chi connectivity index (χ1) is 5.19. The van der Waals surface area contributed by atoms with Crippen molar-refractivity contribution in [2.75, 3.05) is 0 Å². The lowest BCUT2D eigenvalue weighted by Gasteiger charge is -2.28. The van der Waals surface area contributed by atoms with E-state index in [9.17, 15) is 4.57 Å². The van der Waals surface area contributed by atoms with Gasteiger partial charge in [0.25, 0.3) is 0 Å². The largest absolute Gasteiger partial charge is 0.332 e. The molecule has 12 heavy (non-hydrogen) atoms. The molecule has 0 heterocycles. The lowest BCUT2D eigenvalue weighted by molar-refractivity contribution is 0.317. The summed E-state index contributed by atoms with van der Waals surface area (Å²) >= 11 is 0. The van der Waals surface area contributed by atoms with Gasteiger partial charge in [0.2, 0.25) is 0 Å². The van der Waals surface area contributed by atoms with Gasteiger partial charge in [0.05, 0.1) is 5.66 Å². The minimum absolute atomic E-state index is 0.397. The third-order valence-electron chi connectivity index (χ3n) is 1.62. The van der Waals surface area contributed by atoms with Crippen molar-refractivity contribution in [3.8, 4) is 0 Å². The van der Waals surface area contributed by atoms with Crippen LogP contribution in [0.2, 0.25) is 0 Å². The molecule has 72 valence electrons. The van der Waals surface area contributed by atoms with Crippen molar-refractivity contribution in [2.45, 2.75) is 33.4 Å². The number of hydrogen-bond donors (Lipinski definition) is 2. The average Bonchev–Trinajstić information content (AvgIpc) is 1.77. The molecule has 0 bridgehead atoms. The van der Waals surface area contributed by atoms with Gasteiger partial charge in [-0.15, -0.1) is 0 Å². The summed E-state index contributed by atoms with van der Waals surface area (Å²) < 4.78 is 11.0. The van der Waals surface area contributed by atoms with Gasteiger partial charge in [-0.2, -0.15) is 0 Å². The first kappa shape index (κ1) is 11.9. The summed E-state index contributed by atoms with van der Waals surface area (Å²) in [7, 11) is -4.00. The molecule has 0 amide bonds. The van der Waals surface area contributed by atoms with Crippen LogP contribution in [0.15, 0.2) is 12.2 Å². The molecule has 0 aromatic heterocycles. The molecule has 0 saturated carbocycles. The minimum atomic E-state index is -4.00. The van der Waals surface area contributed by atoms with Crippen molar-refractivity contribution in [3.05, 3.63) is 12.2 Å². The van der Waals surface area contributed by atoms with Gasteiger partial charge in [-0.05, 0) is 12.3 Å². The third-order valence-corrected chi connectivity index (χ3v) is 3.30. The second kappa shape index (κ2) is 3.73. The lowest BCUT2D eigenvalue weighted by atomic mass is 9.91. The highest BCUT2D eigenvalue weighted by molar-refractivity contribution is 7.52. The molecular formula is C8H17O3P. The van der Waals surface area contributed by atoms with E-state index >= 15 is 0 Å². The second-order valence-corrected chi connectivity index (χ2v) is 5.66. The van der Waals surface area contributed by atoms with Crippen molar-refractivity contribution < 1.29 is 14.4 Å². The van der Waals surface area contributed by atoms with Crippen LogP contribution in [0.4, 0.5) is 0 Å². The van der Waals surface area contributed by atoms with Crippen LogP contribution in [0.25, 0.3) is 0 Å². The first-order valence-corrected chi connectivity index (χ1v) is 5.56. The predicted molar refractivity (Wildman–Crippen MR) is 50.1 cm³/mol. The van der Waals surface area contributed by atoms with Gasteiger partial charge in [-0.25, -0.2) is 0 Å². The summed E-state index contributed by atoms with van der Waals surface area (Å²) in [6.07, 6.45) is 3.25. The van der Waals surface area contributed by atoms with Crippen molar-refractivity contribution in [3.63, 3.8) is 0 Å². The van der Waals surface area contributed by atoms with Gasteiger partial charge in [-0.1, -0.05) is 32.9 Å². The van der Waals surface area contributed by atoms with Crippen LogP contribution < -0.4 is 0 Å². The van der Waals surface area contributed by atoms with Crippen LogP contribution in [0, 0.1) is 5.41 Å². The van der Waals surface area contributed by atoms with Crippen LogP contribution in [-0.4, -0.2) is 15.4 Å². The normalized spacial score (nSPS) is 16.8. The molecule has 1 atom stereocenters. The van der Waals surface area contributed by atoms with E-state index in [0.717, 1.165) is 0 Å². The van der Waals surface area contributed by atoms with E-state index in [2.05, 4.69) is 0 Å². The molecule has 0 radical (unpaired) electrons. The predicted octanol–water partition coefficient (Wildman–Crippen LogP) is 2.15. The van der Waals surface area contributed by atoms with E-state index in [4.69, 9.17) is 9.79 Å². The number of rotatable bonds is 2. The molecular weight excluding hydrogens is 175 g/mol. The zero-order chi connectivity index (χ0) is 9.99. The zero-order valence-electron chi connectivity index (χ0n) is 7.98. The Hall–Kier alpha value is -0.110. The number of allylic oxidation sites excluding steroid dienone is 2. The van der Waals surface area contributed by atoms with Gasteiger partial charge in [0, 0.05) is 0 Å². The van der Waals surface area contributed by atoms with Crippen LogP contribution in [0.1, 0.15) is 27.7 Å². The summed E-state index contributed by atoms with van der Waals surface area (Å²) in [5.41, 5.74) is -1.08. The van der Waals surface area contributed by atoms with E-state index in [0.29, 0.717) is 0 Å². The molecule has 0 spiro atoms. The fourth-order valence-corrected chi connectivity index (χ4v) is 2.49. The van der Waals surface area contributed by atoms with Crippen molar-refractivity contribution >= 4 is 7.60 Å². The maximum atomic E-state index is 11.0. The van der Waals surface area contributed by atoms with Crippen LogP contribution in [0.3, 0.4) is 0 Å². The standard InChI is InChI=1S/C8H17O3P/c1-5-6-7(8(2,3)4)12(9,10)11/h5-7H,1-4H3,(H2,9,10,11). The topological polar surface area (TPSA) is 57.5 Å². The van der Waals surface area contributed by atoms with Crippen molar-refractivity contribution in [1.29, 1.82) is 0 Å². The van der Waals surface area contributed by atoms with Crippen molar-refractivity contribution in [1.82, 2.24) is 0 Å². The van der Waals surface area contributed by atoms with Gasteiger partial charge in [-0.3, -0.25) is 4.57 Å². The molecule has 0 saturated heterocycles. The molecule has 4 heteroatoms. The van der Waals surface area contributed by atoms with E-state index in [1.54, 1.807) is 19.1 Å². The van der Waals surface area contributed by atoms with Gasteiger partial charge >= 0.3 is 7.60 Å². The Morgan fingerprint density at radius 1 is 1.33 bits per heavy atom. The van der Waals surface area contributed by atoms with Gasteiger partial charge in [0.1, 0.15) is 0 Å². The highest BCUT2D eigenvalue weighted by atomic mass is 31.2. The summed E-state index contributed by atoms with van der Waals surface area (Å²) in [6.45, 7) is 7.21. The lowest BCUT2D eigenvalue weighted by Crippen LogP contribution is -2.24. The molecule has 0 aromatic rings. The monoisotopic (exact) mass is 192 g/mol. The molecule has 0 aliphatic heterocycles. The smallest absolute Gasteiger partial charge is 0.324 e. The molecule has 2 N–H and O–H groups in total. The molecule has 0 aromatic carbocycles. The minimum Gasteiger partial charge on any atom is -0.324 e. The second-order valence-electron chi connectivity index (χ2n) is 3.93. The zero-order valence-corrected chi connectivity index (χ0v) is 8.88. The Morgan fingerprint density at radius 2 is 1.75 bits per heavy atom. The molecule has 0 aliphatic carbocycles. The van der Waals surface area contributed by atoms with Crippen molar-refractivity contribution in [2.24, 2.45) is 5.41 Å². The van der Waals surface area contributed by atoms with Gasteiger partial charge < -0.3 is 9.79 Å². The summed E-state index contributed by atoms with van der Waals surface area (Å²) in [6, 6.07) is 0.